The molecule has 0 fully saturated rings. The highest BCUT2D eigenvalue weighted by Crippen LogP contribution is 1.91. The molecular formula is C11H21N3O4. The van der Waals surface area contributed by atoms with E-state index < -0.39 is 12.0 Å². The molecule has 3 amide bonds. The Balaban J connectivity index is 4.10. The van der Waals surface area contributed by atoms with E-state index in [4.69, 9.17) is 5.11 Å². The van der Waals surface area contributed by atoms with Crippen molar-refractivity contribution in [3.63, 3.8) is 0 Å². The summed E-state index contributed by atoms with van der Waals surface area (Å²) in [5, 5.41) is 13.6. The van der Waals surface area contributed by atoms with Gasteiger partial charge in [0.25, 0.3) is 0 Å². The van der Waals surface area contributed by atoms with E-state index in [1.54, 1.807) is 6.92 Å². The van der Waals surface area contributed by atoms with Crippen molar-refractivity contribution in [2.75, 3.05) is 19.6 Å². The Morgan fingerprint density at radius 2 is 1.89 bits per heavy atom. The Morgan fingerprint density at radius 3 is 2.33 bits per heavy atom. The highest BCUT2D eigenvalue weighted by molar-refractivity contribution is 5.84. The van der Waals surface area contributed by atoms with Gasteiger partial charge in [0, 0.05) is 19.1 Å². The second-order valence-electron chi connectivity index (χ2n) is 4.11. The van der Waals surface area contributed by atoms with Crippen LogP contribution in [0.4, 0.5) is 4.79 Å². The second-order valence-corrected chi connectivity index (χ2v) is 4.11. The number of likely N-dealkylation sites (N-methyl/N-ethyl adjacent to an activating group) is 1. The molecule has 3 N–H and O–H groups in total. The summed E-state index contributed by atoms with van der Waals surface area (Å²) in [5.41, 5.74) is 0. The fourth-order valence-corrected chi connectivity index (χ4v) is 1.26. The molecule has 0 aromatic carbocycles. The maximum atomic E-state index is 11.6. The van der Waals surface area contributed by atoms with E-state index in [-0.39, 0.29) is 31.5 Å². The minimum Gasteiger partial charge on any atom is -0.481 e. The third-order valence-electron chi connectivity index (χ3n) is 2.07. The fourth-order valence-electron chi connectivity index (χ4n) is 1.26. The zero-order valence-electron chi connectivity index (χ0n) is 11.0. The van der Waals surface area contributed by atoms with Gasteiger partial charge in [0.1, 0.15) is 6.54 Å². The van der Waals surface area contributed by atoms with E-state index in [0.717, 1.165) is 0 Å². The van der Waals surface area contributed by atoms with Gasteiger partial charge in [0.2, 0.25) is 5.91 Å². The normalized spacial score (nSPS) is 10.0. The number of carbonyl (C=O) groups is 3. The van der Waals surface area contributed by atoms with Crippen molar-refractivity contribution in [2.24, 2.45) is 0 Å². The molecule has 0 aliphatic rings. The molecule has 0 aliphatic heterocycles. The molecule has 0 radical (unpaired) electrons. The Labute approximate surface area is 107 Å². The van der Waals surface area contributed by atoms with Crippen molar-refractivity contribution in [3.05, 3.63) is 0 Å². The lowest BCUT2D eigenvalue weighted by molar-refractivity contribution is -0.136. The molecule has 7 nitrogen and oxygen atoms in total. The van der Waals surface area contributed by atoms with Crippen LogP contribution in [0.3, 0.4) is 0 Å². The molecule has 0 aromatic rings. The summed E-state index contributed by atoms with van der Waals surface area (Å²) in [5.74, 6) is -1.21. The Bertz CT molecular complexity index is 305. The number of hydrogen-bond donors (Lipinski definition) is 3. The predicted octanol–water partition coefficient (Wildman–Crippen LogP) is 0.0172. The third kappa shape index (κ3) is 7.48. The molecule has 104 valence electrons. The van der Waals surface area contributed by atoms with Crippen LogP contribution in [-0.4, -0.2) is 53.6 Å². The van der Waals surface area contributed by atoms with E-state index in [0.29, 0.717) is 6.54 Å². The lowest BCUT2D eigenvalue weighted by atomic mass is 10.3. The Kier molecular flexibility index (Phi) is 7.50. The predicted molar refractivity (Wildman–Crippen MR) is 66.2 cm³/mol. The zero-order valence-corrected chi connectivity index (χ0v) is 11.0. The van der Waals surface area contributed by atoms with Gasteiger partial charge >= 0.3 is 12.0 Å². The van der Waals surface area contributed by atoms with Crippen LogP contribution < -0.4 is 10.6 Å². The average Bonchev–Trinajstić information content (AvgIpc) is 2.24. The number of carboxylic acids is 1. The molecule has 0 spiro atoms. The van der Waals surface area contributed by atoms with E-state index in [2.05, 4.69) is 10.6 Å². The molecule has 0 unspecified atom stereocenters. The fraction of sp³-hybridized carbons (Fsp3) is 0.727. The number of amides is 3. The van der Waals surface area contributed by atoms with Gasteiger partial charge in [0.05, 0.1) is 6.42 Å². The molecule has 0 saturated heterocycles. The standard InChI is InChI=1S/C11H21N3O4/c1-4-14(7-9(15)13-8(2)3)11(18)12-6-5-10(16)17/h8H,4-7H2,1-3H3,(H,12,18)(H,13,15)(H,16,17). The van der Waals surface area contributed by atoms with E-state index in [1.165, 1.54) is 4.90 Å². The first-order valence-electron chi connectivity index (χ1n) is 5.90. The first-order chi connectivity index (χ1) is 8.36. The van der Waals surface area contributed by atoms with Gasteiger partial charge < -0.3 is 20.6 Å². The highest BCUT2D eigenvalue weighted by atomic mass is 16.4. The topological polar surface area (TPSA) is 98.7 Å². The molecule has 0 saturated carbocycles. The largest absolute Gasteiger partial charge is 0.481 e. The van der Waals surface area contributed by atoms with Crippen molar-refractivity contribution in [1.29, 1.82) is 0 Å². The molecule has 0 bridgehead atoms. The molecule has 0 atom stereocenters. The van der Waals surface area contributed by atoms with Crippen LogP contribution in [0, 0.1) is 0 Å². The molecule has 0 rings (SSSR count). The molecule has 0 heterocycles. The SMILES string of the molecule is CCN(CC(=O)NC(C)C)C(=O)NCCC(=O)O. The summed E-state index contributed by atoms with van der Waals surface area (Å²) >= 11 is 0. The smallest absolute Gasteiger partial charge is 0.317 e. The number of aliphatic carboxylic acids is 1. The first kappa shape index (κ1) is 16.2. The molecule has 7 heteroatoms. The van der Waals surface area contributed by atoms with Crippen LogP contribution in [-0.2, 0) is 9.59 Å². The minimum absolute atomic E-state index is 0.0197. The monoisotopic (exact) mass is 259 g/mol. The van der Waals surface area contributed by atoms with E-state index in [1.807, 2.05) is 13.8 Å². The Hall–Kier alpha value is -1.79. The lowest BCUT2D eigenvalue weighted by Gasteiger charge is -2.21. The lowest BCUT2D eigenvalue weighted by Crippen LogP contribution is -2.46. The van der Waals surface area contributed by atoms with E-state index in [9.17, 15) is 14.4 Å². The van der Waals surface area contributed by atoms with Crippen LogP contribution in [0.25, 0.3) is 0 Å². The van der Waals surface area contributed by atoms with Gasteiger partial charge in [-0.15, -0.1) is 0 Å². The van der Waals surface area contributed by atoms with Gasteiger partial charge in [-0.1, -0.05) is 0 Å². The number of carboxylic acid groups (broad SMARTS) is 1. The van der Waals surface area contributed by atoms with Crippen molar-refractivity contribution >= 4 is 17.9 Å². The van der Waals surface area contributed by atoms with Crippen molar-refractivity contribution in [2.45, 2.75) is 33.2 Å². The zero-order chi connectivity index (χ0) is 14.1. The van der Waals surface area contributed by atoms with Crippen LogP contribution in [0.2, 0.25) is 0 Å². The number of nitrogens with one attached hydrogen (secondary N) is 2. The highest BCUT2D eigenvalue weighted by Gasteiger charge is 2.15. The number of carbonyl (C=O) groups excluding carboxylic acids is 2. The number of nitrogens with zero attached hydrogens (tertiary/aromatic N) is 1. The van der Waals surface area contributed by atoms with Crippen molar-refractivity contribution in [1.82, 2.24) is 15.5 Å². The molecule has 18 heavy (non-hydrogen) atoms. The average molecular weight is 259 g/mol. The Morgan fingerprint density at radius 1 is 1.28 bits per heavy atom. The quantitative estimate of drug-likeness (QED) is 0.600. The maximum Gasteiger partial charge on any atom is 0.317 e. The van der Waals surface area contributed by atoms with Gasteiger partial charge in [-0.25, -0.2) is 4.79 Å². The molecule has 0 aromatic heterocycles. The van der Waals surface area contributed by atoms with Gasteiger partial charge in [-0.3, -0.25) is 9.59 Å². The third-order valence-corrected chi connectivity index (χ3v) is 2.07. The second kappa shape index (κ2) is 8.32. The van der Waals surface area contributed by atoms with Crippen LogP contribution in [0.1, 0.15) is 27.2 Å². The number of hydrogen-bond acceptors (Lipinski definition) is 3. The van der Waals surface area contributed by atoms with Crippen LogP contribution in [0.15, 0.2) is 0 Å². The summed E-state index contributed by atoms with van der Waals surface area (Å²) in [6.07, 6.45) is -0.137. The molecular weight excluding hydrogens is 238 g/mol. The minimum atomic E-state index is -0.976. The summed E-state index contributed by atoms with van der Waals surface area (Å²) in [4.78, 5) is 34.7. The van der Waals surface area contributed by atoms with Crippen molar-refractivity contribution < 1.29 is 19.5 Å². The molecule has 0 aliphatic carbocycles. The first-order valence-corrected chi connectivity index (χ1v) is 5.90. The summed E-state index contributed by atoms with van der Waals surface area (Å²) < 4.78 is 0. The number of rotatable bonds is 7. The van der Waals surface area contributed by atoms with Crippen molar-refractivity contribution in [3.8, 4) is 0 Å². The van der Waals surface area contributed by atoms with Gasteiger partial charge in [-0.2, -0.15) is 0 Å². The van der Waals surface area contributed by atoms with Crippen LogP contribution in [0.5, 0.6) is 0 Å². The van der Waals surface area contributed by atoms with Gasteiger partial charge in [0.15, 0.2) is 0 Å². The van der Waals surface area contributed by atoms with E-state index >= 15 is 0 Å². The summed E-state index contributed by atoms with van der Waals surface area (Å²) in [6.45, 7) is 5.82. The summed E-state index contributed by atoms with van der Waals surface area (Å²) in [7, 11) is 0. The van der Waals surface area contributed by atoms with Gasteiger partial charge in [-0.05, 0) is 20.8 Å². The number of urea groups is 1. The summed E-state index contributed by atoms with van der Waals surface area (Å²) in [6, 6.07) is -0.413. The van der Waals surface area contributed by atoms with Crippen LogP contribution >= 0.6 is 0 Å². The maximum absolute atomic E-state index is 11.6.